The second-order valence-corrected chi connectivity index (χ2v) is 3.09. The first-order valence-corrected chi connectivity index (χ1v) is 4.38. The minimum atomic E-state index is -0.362. The molecule has 15 heavy (non-hydrogen) atoms. The van der Waals surface area contributed by atoms with Crippen LogP contribution in [0, 0.1) is 0 Å². The number of aromatic nitrogens is 4. The molecule has 0 aliphatic heterocycles. The fraction of sp³-hybridized carbons (Fsp3) is 0.250. The summed E-state index contributed by atoms with van der Waals surface area (Å²) in [6.45, 7) is 0.447. The van der Waals surface area contributed by atoms with Crippen LogP contribution >= 0.6 is 0 Å². The van der Waals surface area contributed by atoms with E-state index in [0.29, 0.717) is 23.5 Å². The van der Waals surface area contributed by atoms with Crippen LogP contribution in [0.15, 0.2) is 12.7 Å². The highest BCUT2D eigenvalue weighted by molar-refractivity contribution is 5.81. The van der Waals surface area contributed by atoms with Crippen LogP contribution in [0.5, 0.6) is 0 Å². The summed E-state index contributed by atoms with van der Waals surface area (Å²) in [5.74, 6) is -0.0308. The smallest absolute Gasteiger partial charge is 0.219 e. The molecule has 0 bridgehead atoms. The molecule has 0 radical (unpaired) electrons. The number of primary amides is 1. The molecule has 0 saturated carbocycles. The molecule has 2 rings (SSSR count). The third-order valence-corrected chi connectivity index (χ3v) is 2.03. The number of aryl methyl sites for hydroxylation is 1. The van der Waals surface area contributed by atoms with E-state index in [4.69, 9.17) is 11.5 Å². The Bertz CT molecular complexity index is 505. The van der Waals surface area contributed by atoms with Crippen molar-refractivity contribution in [1.82, 2.24) is 19.5 Å². The first-order chi connectivity index (χ1) is 7.18. The van der Waals surface area contributed by atoms with Gasteiger partial charge in [0, 0.05) is 13.0 Å². The van der Waals surface area contributed by atoms with Crippen LogP contribution in [0.2, 0.25) is 0 Å². The fourth-order valence-electron chi connectivity index (χ4n) is 1.29. The molecule has 4 N–H and O–H groups in total. The predicted octanol–water partition coefficient (Wildman–Crippen LogP) is -0.716. The number of nitrogens with two attached hydrogens (primary N) is 2. The van der Waals surface area contributed by atoms with Crippen molar-refractivity contribution in [3.8, 4) is 0 Å². The van der Waals surface area contributed by atoms with Crippen molar-refractivity contribution in [3.05, 3.63) is 12.7 Å². The van der Waals surface area contributed by atoms with Gasteiger partial charge in [-0.1, -0.05) is 0 Å². The average Bonchev–Trinajstić information content (AvgIpc) is 2.59. The summed E-state index contributed by atoms with van der Waals surface area (Å²) in [4.78, 5) is 22.5. The Morgan fingerprint density at radius 1 is 1.40 bits per heavy atom. The van der Waals surface area contributed by atoms with E-state index in [2.05, 4.69) is 15.0 Å². The van der Waals surface area contributed by atoms with Gasteiger partial charge in [0.05, 0.1) is 6.33 Å². The molecule has 7 heteroatoms. The van der Waals surface area contributed by atoms with Crippen molar-refractivity contribution in [2.45, 2.75) is 13.0 Å². The normalized spacial score (nSPS) is 10.7. The van der Waals surface area contributed by atoms with Gasteiger partial charge in [0.25, 0.3) is 0 Å². The zero-order valence-corrected chi connectivity index (χ0v) is 7.92. The largest absolute Gasteiger partial charge is 0.382 e. The molecule has 7 nitrogen and oxygen atoms in total. The summed E-state index contributed by atoms with van der Waals surface area (Å²) >= 11 is 0. The SMILES string of the molecule is NC(=O)CCn1cnc2c(N)ncnc21. The number of anilines is 1. The topological polar surface area (TPSA) is 113 Å². The molecule has 0 unspecified atom stereocenters. The second kappa shape index (κ2) is 3.52. The van der Waals surface area contributed by atoms with Gasteiger partial charge in [0.1, 0.15) is 11.8 Å². The number of fused-ring (bicyclic) bond motifs is 1. The number of carbonyl (C=O) groups is 1. The summed E-state index contributed by atoms with van der Waals surface area (Å²) < 4.78 is 1.72. The molecular formula is C8H10N6O. The molecule has 1 amide bonds. The Morgan fingerprint density at radius 2 is 2.20 bits per heavy atom. The molecule has 0 fully saturated rings. The quantitative estimate of drug-likeness (QED) is 0.688. The predicted molar refractivity (Wildman–Crippen MR) is 53.5 cm³/mol. The lowest BCUT2D eigenvalue weighted by Crippen LogP contribution is -2.13. The Hall–Kier alpha value is -2.18. The van der Waals surface area contributed by atoms with E-state index >= 15 is 0 Å². The van der Waals surface area contributed by atoms with E-state index in [1.165, 1.54) is 6.33 Å². The number of nitrogen functional groups attached to an aromatic ring is 1. The highest BCUT2D eigenvalue weighted by atomic mass is 16.1. The lowest BCUT2D eigenvalue weighted by molar-refractivity contribution is -0.118. The molecular weight excluding hydrogens is 196 g/mol. The summed E-state index contributed by atoms with van der Waals surface area (Å²) in [5, 5.41) is 0. The van der Waals surface area contributed by atoms with Gasteiger partial charge in [-0.15, -0.1) is 0 Å². The first kappa shape index (κ1) is 9.38. The summed E-state index contributed by atoms with van der Waals surface area (Å²) in [7, 11) is 0. The lowest BCUT2D eigenvalue weighted by atomic mass is 10.4. The van der Waals surface area contributed by atoms with Gasteiger partial charge >= 0.3 is 0 Å². The Labute approximate surface area is 85.1 Å². The number of amides is 1. The number of hydrogen-bond donors (Lipinski definition) is 2. The average molecular weight is 206 g/mol. The van der Waals surface area contributed by atoms with Crippen molar-refractivity contribution < 1.29 is 4.79 Å². The summed E-state index contributed by atoms with van der Waals surface area (Å²) in [6, 6.07) is 0. The van der Waals surface area contributed by atoms with Crippen molar-refractivity contribution in [2.24, 2.45) is 5.73 Å². The van der Waals surface area contributed by atoms with Gasteiger partial charge in [0.15, 0.2) is 11.5 Å². The van der Waals surface area contributed by atoms with Gasteiger partial charge < -0.3 is 16.0 Å². The maximum Gasteiger partial charge on any atom is 0.219 e. The zero-order valence-electron chi connectivity index (χ0n) is 7.92. The van der Waals surface area contributed by atoms with E-state index in [1.54, 1.807) is 10.9 Å². The monoisotopic (exact) mass is 206 g/mol. The minimum absolute atomic E-state index is 0.245. The molecule has 0 aliphatic carbocycles. The van der Waals surface area contributed by atoms with Gasteiger partial charge in [-0.2, -0.15) is 0 Å². The van der Waals surface area contributed by atoms with E-state index in [9.17, 15) is 4.79 Å². The van der Waals surface area contributed by atoms with E-state index in [0.717, 1.165) is 0 Å². The highest BCUT2D eigenvalue weighted by Crippen LogP contribution is 2.13. The van der Waals surface area contributed by atoms with Crippen molar-refractivity contribution in [1.29, 1.82) is 0 Å². The molecule has 0 saturated heterocycles. The minimum Gasteiger partial charge on any atom is -0.382 e. The first-order valence-electron chi connectivity index (χ1n) is 4.38. The Kier molecular flexibility index (Phi) is 2.20. The van der Waals surface area contributed by atoms with Gasteiger partial charge in [-0.25, -0.2) is 15.0 Å². The van der Waals surface area contributed by atoms with Gasteiger partial charge in [-0.3, -0.25) is 4.79 Å². The molecule has 2 aromatic heterocycles. The lowest BCUT2D eigenvalue weighted by Gasteiger charge is -2.00. The third-order valence-electron chi connectivity index (χ3n) is 2.03. The number of carbonyl (C=O) groups excluding carboxylic acids is 1. The standard InChI is InChI=1S/C8H10N6O/c9-5(15)1-2-14-4-13-6-7(10)11-3-12-8(6)14/h3-4H,1-2H2,(H2,9,15)(H2,10,11,12). The van der Waals surface area contributed by atoms with Crippen molar-refractivity contribution in [3.63, 3.8) is 0 Å². The van der Waals surface area contributed by atoms with Gasteiger partial charge in [-0.05, 0) is 0 Å². The van der Waals surface area contributed by atoms with Crippen LogP contribution < -0.4 is 11.5 Å². The highest BCUT2D eigenvalue weighted by Gasteiger charge is 2.07. The van der Waals surface area contributed by atoms with E-state index in [1.807, 2.05) is 0 Å². The third kappa shape index (κ3) is 1.71. The molecule has 0 aromatic carbocycles. The van der Waals surface area contributed by atoms with Gasteiger partial charge in [0.2, 0.25) is 5.91 Å². The Morgan fingerprint density at radius 3 is 2.93 bits per heavy atom. The molecule has 0 atom stereocenters. The maximum atomic E-state index is 10.6. The number of imidazole rings is 1. The maximum absolute atomic E-state index is 10.6. The van der Waals surface area contributed by atoms with Crippen LogP contribution in [0.1, 0.15) is 6.42 Å². The molecule has 2 heterocycles. The van der Waals surface area contributed by atoms with Crippen LogP contribution in [0.4, 0.5) is 5.82 Å². The Balaban J connectivity index is 2.37. The number of nitrogens with zero attached hydrogens (tertiary/aromatic N) is 4. The van der Waals surface area contributed by atoms with Crippen LogP contribution in [0.3, 0.4) is 0 Å². The second-order valence-electron chi connectivity index (χ2n) is 3.09. The van der Waals surface area contributed by atoms with E-state index < -0.39 is 0 Å². The molecule has 0 spiro atoms. The molecule has 2 aromatic rings. The summed E-state index contributed by atoms with van der Waals surface area (Å²) in [6.07, 6.45) is 3.17. The molecule has 78 valence electrons. The number of hydrogen-bond acceptors (Lipinski definition) is 5. The van der Waals surface area contributed by atoms with Crippen LogP contribution in [-0.2, 0) is 11.3 Å². The van der Waals surface area contributed by atoms with Crippen molar-refractivity contribution >= 4 is 22.9 Å². The van der Waals surface area contributed by atoms with Crippen LogP contribution in [0.25, 0.3) is 11.2 Å². The summed E-state index contributed by atoms with van der Waals surface area (Å²) in [5.41, 5.74) is 11.8. The van der Waals surface area contributed by atoms with Crippen molar-refractivity contribution in [2.75, 3.05) is 5.73 Å². The zero-order chi connectivity index (χ0) is 10.8. The number of rotatable bonds is 3. The van der Waals surface area contributed by atoms with E-state index in [-0.39, 0.29) is 12.3 Å². The molecule has 0 aliphatic rings. The van der Waals surface area contributed by atoms with Crippen LogP contribution in [-0.4, -0.2) is 25.4 Å². The fourth-order valence-corrected chi connectivity index (χ4v) is 1.29.